The van der Waals surface area contributed by atoms with Gasteiger partial charge in [0.05, 0.1) is 0 Å². The van der Waals surface area contributed by atoms with Crippen molar-refractivity contribution in [3.8, 4) is 0 Å². The minimum atomic E-state index is 0.564. The van der Waals surface area contributed by atoms with Crippen LogP contribution in [0.3, 0.4) is 0 Å². The van der Waals surface area contributed by atoms with Gasteiger partial charge in [-0.1, -0.05) is 15.9 Å². The molecule has 0 spiro atoms. The van der Waals surface area contributed by atoms with E-state index in [0.717, 1.165) is 18.2 Å². The Hall–Kier alpha value is -0.640. The third-order valence-electron chi connectivity index (χ3n) is 2.58. The van der Waals surface area contributed by atoms with E-state index in [9.17, 15) is 0 Å². The fourth-order valence-corrected chi connectivity index (χ4v) is 2.74. The van der Waals surface area contributed by atoms with Crippen molar-refractivity contribution >= 4 is 21.7 Å². The van der Waals surface area contributed by atoms with Crippen LogP contribution in [0.1, 0.15) is 19.2 Å². The molecule has 4 heteroatoms. The minimum absolute atomic E-state index is 0.564. The smallest absolute Gasteiger partial charge is 0.132 e. The molecule has 1 fully saturated rings. The highest BCUT2D eigenvalue weighted by Crippen LogP contribution is 2.27. The van der Waals surface area contributed by atoms with Gasteiger partial charge in [-0.25, -0.2) is 9.97 Å². The van der Waals surface area contributed by atoms with Crippen LogP contribution in [0.25, 0.3) is 0 Å². The predicted molar refractivity (Wildman–Crippen MR) is 60.9 cm³/mol. The summed E-state index contributed by atoms with van der Waals surface area (Å²) < 4.78 is 0. The van der Waals surface area contributed by atoms with E-state index in [1.54, 1.807) is 0 Å². The molecular weight excluding hydrogens is 242 g/mol. The maximum atomic E-state index is 4.43. The molecule has 2 rings (SSSR count). The number of aromatic nitrogens is 2. The molecule has 1 aromatic heterocycles. The van der Waals surface area contributed by atoms with Gasteiger partial charge in [0, 0.05) is 23.6 Å². The zero-order valence-electron chi connectivity index (χ0n) is 8.44. The summed E-state index contributed by atoms with van der Waals surface area (Å²) in [5.41, 5.74) is 0. The summed E-state index contributed by atoms with van der Waals surface area (Å²) in [5.74, 6) is 1.89. The molecule has 0 aromatic carbocycles. The first-order chi connectivity index (χ1) is 6.66. The molecule has 3 nitrogen and oxygen atoms in total. The third kappa shape index (κ3) is 1.90. The van der Waals surface area contributed by atoms with Crippen LogP contribution >= 0.6 is 15.9 Å². The van der Waals surface area contributed by atoms with Gasteiger partial charge in [0.2, 0.25) is 0 Å². The molecule has 0 aliphatic carbocycles. The van der Waals surface area contributed by atoms with Crippen molar-refractivity contribution in [3.05, 3.63) is 18.1 Å². The normalized spacial score (nSPS) is 26.9. The first-order valence-corrected chi connectivity index (χ1v) is 5.79. The van der Waals surface area contributed by atoms with Crippen LogP contribution in [0, 0.1) is 6.92 Å². The minimum Gasteiger partial charge on any atom is -0.353 e. The van der Waals surface area contributed by atoms with Crippen LogP contribution in [0.2, 0.25) is 0 Å². The molecule has 2 unspecified atom stereocenters. The van der Waals surface area contributed by atoms with Gasteiger partial charge in [-0.2, -0.15) is 0 Å². The number of rotatable bonds is 1. The monoisotopic (exact) mass is 255 g/mol. The van der Waals surface area contributed by atoms with Gasteiger partial charge in [0.1, 0.15) is 11.6 Å². The van der Waals surface area contributed by atoms with Crippen molar-refractivity contribution in [1.29, 1.82) is 0 Å². The number of anilines is 1. The van der Waals surface area contributed by atoms with E-state index < -0.39 is 0 Å². The molecular formula is C10H14BrN3. The molecule has 2 atom stereocenters. The molecule has 1 aliphatic rings. The predicted octanol–water partition coefficient (Wildman–Crippen LogP) is 2.15. The topological polar surface area (TPSA) is 29.0 Å². The van der Waals surface area contributed by atoms with Crippen molar-refractivity contribution in [2.75, 3.05) is 11.4 Å². The van der Waals surface area contributed by atoms with Gasteiger partial charge >= 0.3 is 0 Å². The van der Waals surface area contributed by atoms with Crippen LogP contribution in [0.15, 0.2) is 12.3 Å². The number of nitrogens with zero attached hydrogens (tertiary/aromatic N) is 3. The van der Waals surface area contributed by atoms with Crippen LogP contribution in [0.4, 0.5) is 5.82 Å². The van der Waals surface area contributed by atoms with E-state index in [-0.39, 0.29) is 0 Å². The lowest BCUT2D eigenvalue weighted by Gasteiger charge is -2.22. The van der Waals surface area contributed by atoms with Gasteiger partial charge in [-0.15, -0.1) is 0 Å². The first-order valence-electron chi connectivity index (χ1n) is 4.87. The molecule has 0 N–H and O–H groups in total. The molecule has 0 radical (unpaired) electrons. The second kappa shape index (κ2) is 3.85. The summed E-state index contributed by atoms with van der Waals surface area (Å²) in [4.78, 5) is 11.5. The number of hydrogen-bond donors (Lipinski definition) is 0. The van der Waals surface area contributed by atoms with E-state index in [1.165, 1.54) is 6.42 Å². The number of hydrogen-bond acceptors (Lipinski definition) is 3. The summed E-state index contributed by atoms with van der Waals surface area (Å²) in [6.07, 6.45) is 3.01. The number of aryl methyl sites for hydroxylation is 1. The Bertz CT molecular complexity index is 329. The van der Waals surface area contributed by atoms with E-state index in [1.807, 2.05) is 19.2 Å². The Morgan fingerprint density at radius 3 is 2.93 bits per heavy atom. The summed E-state index contributed by atoms with van der Waals surface area (Å²) >= 11 is 3.65. The Morgan fingerprint density at radius 2 is 2.36 bits per heavy atom. The van der Waals surface area contributed by atoms with Crippen molar-refractivity contribution in [2.45, 2.75) is 31.1 Å². The SMILES string of the molecule is Cc1nccc(N2CC(Br)CC2C)n1. The summed E-state index contributed by atoms with van der Waals surface area (Å²) in [5, 5.41) is 0. The van der Waals surface area contributed by atoms with Crippen molar-refractivity contribution in [1.82, 2.24) is 9.97 Å². The van der Waals surface area contributed by atoms with Crippen LogP contribution in [0.5, 0.6) is 0 Å². The molecule has 0 saturated carbocycles. The third-order valence-corrected chi connectivity index (χ3v) is 3.24. The highest BCUT2D eigenvalue weighted by Gasteiger charge is 2.27. The highest BCUT2D eigenvalue weighted by atomic mass is 79.9. The van der Waals surface area contributed by atoms with Crippen LogP contribution in [-0.2, 0) is 0 Å². The largest absolute Gasteiger partial charge is 0.353 e. The lowest BCUT2D eigenvalue weighted by Crippen LogP contribution is -2.27. The molecule has 76 valence electrons. The fourth-order valence-electron chi connectivity index (χ4n) is 1.89. The van der Waals surface area contributed by atoms with Crippen molar-refractivity contribution in [2.24, 2.45) is 0 Å². The molecule has 1 aliphatic heterocycles. The molecule has 0 bridgehead atoms. The standard InChI is InChI=1S/C10H14BrN3/c1-7-5-9(11)6-14(7)10-3-4-12-8(2)13-10/h3-4,7,9H,5-6H2,1-2H3. The van der Waals surface area contributed by atoms with Crippen molar-refractivity contribution in [3.63, 3.8) is 0 Å². The quantitative estimate of drug-likeness (QED) is 0.721. The maximum absolute atomic E-state index is 4.43. The average Bonchev–Trinajstić information content (AvgIpc) is 2.45. The summed E-state index contributed by atoms with van der Waals surface area (Å²) in [7, 11) is 0. The second-order valence-electron chi connectivity index (χ2n) is 3.80. The highest BCUT2D eigenvalue weighted by molar-refractivity contribution is 9.09. The zero-order valence-corrected chi connectivity index (χ0v) is 10.0. The van der Waals surface area contributed by atoms with Gasteiger partial charge in [0.15, 0.2) is 0 Å². The zero-order chi connectivity index (χ0) is 10.1. The number of halogens is 1. The molecule has 1 aromatic rings. The maximum Gasteiger partial charge on any atom is 0.132 e. The average molecular weight is 256 g/mol. The second-order valence-corrected chi connectivity index (χ2v) is 5.09. The Balaban J connectivity index is 2.23. The van der Waals surface area contributed by atoms with Crippen molar-refractivity contribution < 1.29 is 0 Å². The van der Waals surface area contributed by atoms with Crippen LogP contribution in [-0.4, -0.2) is 27.4 Å². The number of alkyl halides is 1. The molecule has 14 heavy (non-hydrogen) atoms. The lowest BCUT2D eigenvalue weighted by molar-refractivity contribution is 0.727. The van der Waals surface area contributed by atoms with Gasteiger partial charge in [0.25, 0.3) is 0 Å². The summed E-state index contributed by atoms with van der Waals surface area (Å²) in [6.45, 7) is 5.20. The van der Waals surface area contributed by atoms with Crippen LogP contribution < -0.4 is 4.90 Å². The Labute approximate surface area is 92.7 Å². The molecule has 1 saturated heterocycles. The van der Waals surface area contributed by atoms with E-state index in [0.29, 0.717) is 10.9 Å². The van der Waals surface area contributed by atoms with Gasteiger partial charge in [-0.05, 0) is 26.3 Å². The van der Waals surface area contributed by atoms with E-state index in [2.05, 4.69) is 37.7 Å². The lowest BCUT2D eigenvalue weighted by atomic mass is 10.2. The Kier molecular flexibility index (Phi) is 2.72. The summed E-state index contributed by atoms with van der Waals surface area (Å²) in [6, 6.07) is 2.54. The Morgan fingerprint density at radius 1 is 1.57 bits per heavy atom. The molecule has 0 amide bonds. The first kappa shape index (κ1) is 9.90. The molecule has 2 heterocycles. The fraction of sp³-hybridized carbons (Fsp3) is 0.600. The van der Waals surface area contributed by atoms with E-state index in [4.69, 9.17) is 0 Å². The van der Waals surface area contributed by atoms with Gasteiger partial charge < -0.3 is 4.90 Å². The van der Waals surface area contributed by atoms with E-state index >= 15 is 0 Å². The van der Waals surface area contributed by atoms with Gasteiger partial charge in [-0.3, -0.25) is 0 Å².